The van der Waals surface area contributed by atoms with E-state index in [1.54, 1.807) is 31.6 Å². The Morgan fingerprint density at radius 1 is 1.32 bits per heavy atom. The number of ether oxygens (including phenoxy) is 2. The summed E-state index contributed by atoms with van der Waals surface area (Å²) in [7, 11) is 3.06. The number of benzene rings is 1. The number of carbonyl (C=O) groups excluding carboxylic acids is 1. The second-order valence-electron chi connectivity index (χ2n) is 5.22. The number of aromatic nitrogens is 3. The summed E-state index contributed by atoms with van der Waals surface area (Å²) in [6, 6.07) is 4.70. The molecule has 1 aromatic heterocycles. The topological polar surface area (TPSA) is 111 Å². The van der Waals surface area contributed by atoms with E-state index in [-0.39, 0.29) is 13.1 Å². The lowest BCUT2D eigenvalue weighted by molar-refractivity contribution is 0.169. The Bertz CT molecular complexity index is 704. The fourth-order valence-corrected chi connectivity index (χ4v) is 2.30. The van der Waals surface area contributed by atoms with Crippen molar-refractivity contribution in [3.05, 3.63) is 35.9 Å². The summed E-state index contributed by atoms with van der Waals surface area (Å²) < 4.78 is 12.2. The molecule has 0 spiro atoms. The molecule has 0 radical (unpaired) electrons. The van der Waals surface area contributed by atoms with Crippen LogP contribution in [0.3, 0.4) is 0 Å². The normalized spacial score (nSPS) is 11.7. The van der Waals surface area contributed by atoms with E-state index in [1.165, 1.54) is 7.11 Å². The third-order valence-corrected chi connectivity index (χ3v) is 3.70. The van der Waals surface area contributed by atoms with Crippen LogP contribution in [-0.2, 0) is 13.1 Å². The van der Waals surface area contributed by atoms with Crippen molar-refractivity contribution in [2.24, 2.45) is 0 Å². The molecule has 0 fully saturated rings. The van der Waals surface area contributed by atoms with Crippen molar-refractivity contribution >= 4 is 6.03 Å². The van der Waals surface area contributed by atoms with Crippen LogP contribution >= 0.6 is 0 Å². The minimum atomic E-state index is -0.935. The van der Waals surface area contributed by atoms with E-state index in [2.05, 4.69) is 20.8 Å². The van der Waals surface area contributed by atoms with Gasteiger partial charge in [-0.05, 0) is 25.1 Å². The summed E-state index contributed by atoms with van der Waals surface area (Å²) >= 11 is 0. The third kappa shape index (κ3) is 4.83. The number of amides is 2. The molecule has 2 amide bonds. The molecule has 0 aliphatic rings. The van der Waals surface area contributed by atoms with Crippen LogP contribution in [0.2, 0.25) is 0 Å². The Kier molecular flexibility index (Phi) is 6.58. The van der Waals surface area contributed by atoms with Gasteiger partial charge < -0.3 is 29.8 Å². The lowest BCUT2D eigenvalue weighted by Gasteiger charge is -2.16. The minimum absolute atomic E-state index is 0.0236. The predicted octanol–water partition coefficient (Wildman–Crippen LogP) is 0.848. The summed E-state index contributed by atoms with van der Waals surface area (Å²) in [5, 5.41) is 23.4. The molecule has 25 heavy (non-hydrogen) atoms. The number of nitrogens with one attached hydrogen (secondary N) is 2. The Morgan fingerprint density at radius 2 is 2.12 bits per heavy atom. The molecule has 0 bridgehead atoms. The van der Waals surface area contributed by atoms with Crippen LogP contribution in [0, 0.1) is 0 Å². The number of rotatable bonds is 8. The van der Waals surface area contributed by atoms with Crippen LogP contribution in [0.5, 0.6) is 11.5 Å². The summed E-state index contributed by atoms with van der Waals surface area (Å²) in [6.45, 7) is 2.96. The summed E-state index contributed by atoms with van der Waals surface area (Å²) in [5.74, 6) is 1.78. The second-order valence-corrected chi connectivity index (χ2v) is 5.22. The smallest absolute Gasteiger partial charge is 0.315 e. The number of hydrogen-bond donors (Lipinski definition) is 3. The zero-order chi connectivity index (χ0) is 18.2. The highest BCUT2D eigenvalue weighted by molar-refractivity contribution is 5.73. The van der Waals surface area contributed by atoms with E-state index in [1.807, 2.05) is 11.5 Å². The first-order chi connectivity index (χ1) is 12.1. The fourth-order valence-electron chi connectivity index (χ4n) is 2.30. The average molecular weight is 349 g/mol. The summed E-state index contributed by atoms with van der Waals surface area (Å²) in [5.41, 5.74) is 0.535. The summed E-state index contributed by atoms with van der Waals surface area (Å²) in [4.78, 5) is 11.9. The highest BCUT2D eigenvalue weighted by Gasteiger charge is 2.16. The molecule has 136 valence electrons. The molecule has 1 heterocycles. The zero-order valence-corrected chi connectivity index (χ0v) is 14.5. The number of aliphatic hydroxyl groups is 1. The number of aliphatic hydroxyl groups excluding tert-OH is 1. The van der Waals surface area contributed by atoms with E-state index >= 15 is 0 Å². The molecule has 9 nitrogen and oxygen atoms in total. The largest absolute Gasteiger partial charge is 0.497 e. The van der Waals surface area contributed by atoms with Gasteiger partial charge in [0.15, 0.2) is 5.82 Å². The number of hydrogen-bond acceptors (Lipinski definition) is 6. The average Bonchev–Trinajstić information content (AvgIpc) is 3.11. The van der Waals surface area contributed by atoms with Crippen LogP contribution in [0.4, 0.5) is 4.79 Å². The standard InChI is InChI=1S/C16H23N5O4/c1-4-21-10-19-20-15(21)9-18-16(23)17-8-13(22)12-7-11(24-2)5-6-14(12)25-3/h5-7,10,13,22H,4,8-9H2,1-3H3,(H2,17,18,23)/t13-/m1/s1. The zero-order valence-electron chi connectivity index (χ0n) is 14.5. The lowest BCUT2D eigenvalue weighted by Crippen LogP contribution is -2.38. The van der Waals surface area contributed by atoms with Gasteiger partial charge in [0.25, 0.3) is 0 Å². The maximum atomic E-state index is 11.9. The molecule has 0 saturated heterocycles. The Labute approximate surface area is 146 Å². The van der Waals surface area contributed by atoms with Crippen molar-refractivity contribution in [3.63, 3.8) is 0 Å². The molecule has 0 saturated carbocycles. The fraction of sp³-hybridized carbons (Fsp3) is 0.438. The van der Waals surface area contributed by atoms with Crippen LogP contribution in [0.15, 0.2) is 24.5 Å². The molecular formula is C16H23N5O4. The van der Waals surface area contributed by atoms with E-state index < -0.39 is 12.1 Å². The Balaban J connectivity index is 1.89. The van der Waals surface area contributed by atoms with Crippen molar-refractivity contribution in [1.82, 2.24) is 25.4 Å². The maximum absolute atomic E-state index is 11.9. The van der Waals surface area contributed by atoms with E-state index in [9.17, 15) is 9.90 Å². The van der Waals surface area contributed by atoms with Gasteiger partial charge in [0, 0.05) is 18.7 Å². The number of urea groups is 1. The van der Waals surface area contributed by atoms with Crippen LogP contribution in [0.25, 0.3) is 0 Å². The number of aryl methyl sites for hydroxylation is 1. The van der Waals surface area contributed by atoms with Crippen LogP contribution in [-0.4, -0.2) is 46.7 Å². The molecular weight excluding hydrogens is 326 g/mol. The Morgan fingerprint density at radius 3 is 2.80 bits per heavy atom. The monoisotopic (exact) mass is 349 g/mol. The van der Waals surface area contributed by atoms with Crippen molar-refractivity contribution in [3.8, 4) is 11.5 Å². The first kappa shape index (κ1) is 18.5. The van der Waals surface area contributed by atoms with Gasteiger partial charge in [-0.2, -0.15) is 0 Å². The van der Waals surface area contributed by atoms with Gasteiger partial charge in [-0.3, -0.25) is 0 Å². The first-order valence-corrected chi connectivity index (χ1v) is 7.87. The van der Waals surface area contributed by atoms with Gasteiger partial charge in [0.2, 0.25) is 0 Å². The van der Waals surface area contributed by atoms with Gasteiger partial charge in [-0.1, -0.05) is 0 Å². The molecule has 2 aromatic rings. The predicted molar refractivity (Wildman–Crippen MR) is 90.4 cm³/mol. The van der Waals surface area contributed by atoms with Crippen LogP contribution in [0.1, 0.15) is 24.4 Å². The van der Waals surface area contributed by atoms with Gasteiger partial charge in [-0.25, -0.2) is 4.79 Å². The maximum Gasteiger partial charge on any atom is 0.315 e. The number of carbonyl (C=O) groups is 1. The van der Waals surface area contributed by atoms with Crippen molar-refractivity contribution in [1.29, 1.82) is 0 Å². The minimum Gasteiger partial charge on any atom is -0.497 e. The molecule has 0 aliphatic carbocycles. The van der Waals surface area contributed by atoms with E-state index in [4.69, 9.17) is 9.47 Å². The molecule has 0 unspecified atom stereocenters. The van der Waals surface area contributed by atoms with Gasteiger partial charge in [0.1, 0.15) is 23.9 Å². The van der Waals surface area contributed by atoms with Gasteiger partial charge >= 0.3 is 6.03 Å². The molecule has 9 heteroatoms. The molecule has 3 N–H and O–H groups in total. The molecule has 2 rings (SSSR count). The van der Waals surface area contributed by atoms with Crippen molar-refractivity contribution in [2.45, 2.75) is 26.1 Å². The lowest BCUT2D eigenvalue weighted by atomic mass is 10.1. The first-order valence-electron chi connectivity index (χ1n) is 7.87. The van der Waals surface area contributed by atoms with Gasteiger partial charge in [0.05, 0.1) is 20.8 Å². The number of nitrogens with zero attached hydrogens (tertiary/aromatic N) is 3. The van der Waals surface area contributed by atoms with Crippen LogP contribution < -0.4 is 20.1 Å². The van der Waals surface area contributed by atoms with E-state index in [0.717, 1.165) is 6.54 Å². The van der Waals surface area contributed by atoms with E-state index in [0.29, 0.717) is 22.9 Å². The van der Waals surface area contributed by atoms with Crippen molar-refractivity contribution in [2.75, 3.05) is 20.8 Å². The quantitative estimate of drug-likeness (QED) is 0.652. The van der Waals surface area contributed by atoms with Crippen molar-refractivity contribution < 1.29 is 19.4 Å². The third-order valence-electron chi connectivity index (χ3n) is 3.70. The molecule has 1 atom stereocenters. The number of methoxy groups -OCH3 is 2. The molecule has 1 aromatic carbocycles. The SMILES string of the molecule is CCn1cnnc1CNC(=O)NC[C@@H](O)c1cc(OC)ccc1OC. The second kappa shape index (κ2) is 8.88. The summed E-state index contributed by atoms with van der Waals surface area (Å²) in [6.07, 6.45) is 0.670. The highest BCUT2D eigenvalue weighted by Crippen LogP contribution is 2.28. The molecule has 0 aliphatic heterocycles. The Hall–Kier alpha value is -2.81. The highest BCUT2D eigenvalue weighted by atomic mass is 16.5. The van der Waals surface area contributed by atoms with Gasteiger partial charge in [-0.15, -0.1) is 10.2 Å².